The molecule has 6 heterocycles. The van der Waals surface area contributed by atoms with E-state index in [1.54, 1.807) is 36.4 Å². The number of para-hydroxylation sites is 4. The molecule has 0 saturated carbocycles. The summed E-state index contributed by atoms with van der Waals surface area (Å²) < 4.78 is 93.2. The fraction of sp³-hybridized carbons (Fsp3) is 0.267. The molecule has 12 rings (SSSR count). The third-order valence-electron chi connectivity index (χ3n) is 15.5. The number of nitrogens with one attached hydrogen (secondary N) is 4. The Kier molecular flexibility index (Phi) is 14.8. The molecule has 18 nitrogen and oxygen atoms in total. The van der Waals surface area contributed by atoms with Gasteiger partial charge in [0, 0.05) is 100 Å². The first-order valence-electron chi connectivity index (χ1n) is 26.7. The van der Waals surface area contributed by atoms with Crippen LogP contribution in [0.1, 0.15) is 69.4 Å². The Balaban J connectivity index is 0.000000172. The van der Waals surface area contributed by atoms with Crippen LogP contribution in [0.2, 0.25) is 0 Å². The summed E-state index contributed by atoms with van der Waals surface area (Å²) in [7, 11) is -1.12. The quantitative estimate of drug-likeness (QED) is 0.0897. The van der Waals surface area contributed by atoms with Gasteiger partial charge in [-0.2, -0.15) is 0 Å². The number of nitrogens with zero attached hydrogens (tertiary/aromatic N) is 6. The molecule has 4 N–H and O–H groups in total. The number of aromatic amines is 2. The van der Waals surface area contributed by atoms with Crippen molar-refractivity contribution in [1.29, 1.82) is 0 Å². The number of fused-ring (bicyclic) bond motifs is 4. The summed E-state index contributed by atoms with van der Waals surface area (Å²) in [6, 6.07) is 34.3. The van der Waals surface area contributed by atoms with Crippen molar-refractivity contribution < 1.29 is 44.0 Å². The van der Waals surface area contributed by atoms with E-state index in [9.17, 15) is 35.2 Å². The summed E-state index contributed by atoms with van der Waals surface area (Å²) in [6.45, 7) is 2.82. The lowest BCUT2D eigenvalue weighted by atomic mass is 9.88. The zero-order valence-electron chi connectivity index (χ0n) is 45.9. The number of piperidine rings is 2. The molecule has 0 bridgehead atoms. The Morgan fingerprint density at radius 3 is 1.32 bits per heavy atom. The number of imidazole rings is 2. The van der Waals surface area contributed by atoms with E-state index in [0.717, 1.165) is 96.4 Å². The van der Waals surface area contributed by atoms with Gasteiger partial charge in [-0.05, 0) is 122 Å². The molecule has 6 aromatic carbocycles. The first-order chi connectivity index (χ1) is 39.3. The molecular weight excluding hydrogens is 1090 g/mol. The Hall–Kier alpha value is -8.76. The van der Waals surface area contributed by atoms with Crippen LogP contribution in [0.5, 0.6) is 0 Å². The van der Waals surface area contributed by atoms with Crippen molar-refractivity contribution in [1.82, 2.24) is 30.6 Å². The van der Waals surface area contributed by atoms with Gasteiger partial charge in [0.25, 0.3) is 11.8 Å². The van der Waals surface area contributed by atoms with Crippen LogP contribution in [-0.2, 0) is 20.0 Å². The molecule has 82 heavy (non-hydrogen) atoms. The summed E-state index contributed by atoms with van der Waals surface area (Å²) >= 11 is 0. The molecule has 2 unspecified atom stereocenters. The molecule has 10 aromatic rings. The number of sulfonamides is 2. The second-order valence-corrected chi connectivity index (χ2v) is 24.8. The van der Waals surface area contributed by atoms with E-state index in [1.807, 2.05) is 60.7 Å². The summed E-state index contributed by atoms with van der Waals surface area (Å²) in [5.41, 5.74) is 8.65. The number of halogens is 2. The number of aromatic nitrogens is 4. The molecule has 2 amide bonds. The highest BCUT2D eigenvalue weighted by atomic mass is 32.2. The summed E-state index contributed by atoms with van der Waals surface area (Å²) in [5, 5.41) is 6.49. The molecule has 2 aliphatic rings. The summed E-state index contributed by atoms with van der Waals surface area (Å²) in [6.07, 6.45) is 5.71. The van der Waals surface area contributed by atoms with Crippen molar-refractivity contribution in [3.8, 4) is 22.6 Å². The second kappa shape index (κ2) is 21.9. The normalized spacial score (nSPS) is 15.9. The van der Waals surface area contributed by atoms with E-state index >= 15 is 0 Å². The van der Waals surface area contributed by atoms with Gasteiger partial charge in [0.1, 0.15) is 34.3 Å². The number of benzene rings is 6. The predicted molar refractivity (Wildman–Crippen MR) is 317 cm³/mol. The van der Waals surface area contributed by atoms with Crippen molar-refractivity contribution in [3.63, 3.8) is 0 Å². The van der Waals surface area contributed by atoms with Crippen LogP contribution < -0.4 is 29.0 Å². The van der Waals surface area contributed by atoms with Gasteiger partial charge in [0.2, 0.25) is 31.9 Å². The van der Waals surface area contributed by atoms with Gasteiger partial charge >= 0.3 is 0 Å². The van der Waals surface area contributed by atoms with Gasteiger partial charge in [-0.15, -0.1) is 0 Å². The Labute approximate surface area is 472 Å². The largest absolute Gasteiger partial charge is 0.455 e. The van der Waals surface area contributed by atoms with Crippen LogP contribution >= 0.6 is 0 Å². The minimum atomic E-state index is -3.61. The molecule has 2 fully saturated rings. The maximum absolute atomic E-state index is 13.7. The molecule has 2 atom stereocenters. The van der Waals surface area contributed by atoms with Crippen molar-refractivity contribution >= 4 is 99.1 Å². The van der Waals surface area contributed by atoms with Crippen LogP contribution in [0.15, 0.2) is 130 Å². The number of carbonyl (C=O) groups excluding carboxylic acids is 2. The van der Waals surface area contributed by atoms with E-state index in [2.05, 4.69) is 30.4 Å². The van der Waals surface area contributed by atoms with Gasteiger partial charge in [0.05, 0.1) is 57.1 Å². The second-order valence-electron chi connectivity index (χ2n) is 20.8. The number of furan rings is 2. The fourth-order valence-electron chi connectivity index (χ4n) is 11.2. The molecule has 0 radical (unpaired) electrons. The highest BCUT2D eigenvalue weighted by Crippen LogP contribution is 2.45. The molecule has 2 saturated heterocycles. The third-order valence-corrected chi connectivity index (χ3v) is 17.9. The summed E-state index contributed by atoms with van der Waals surface area (Å²) in [5.74, 6) is 0.482. The van der Waals surface area contributed by atoms with Crippen molar-refractivity contribution in [3.05, 3.63) is 155 Å². The maximum Gasteiger partial charge on any atom is 0.255 e. The molecule has 0 spiro atoms. The highest BCUT2D eigenvalue weighted by Gasteiger charge is 2.33. The number of anilines is 4. The van der Waals surface area contributed by atoms with E-state index in [1.165, 1.54) is 61.1 Å². The van der Waals surface area contributed by atoms with Gasteiger partial charge in [-0.3, -0.25) is 18.2 Å². The van der Waals surface area contributed by atoms with Crippen LogP contribution in [0.3, 0.4) is 0 Å². The lowest BCUT2D eigenvalue weighted by Gasteiger charge is -2.34. The average molecular weight is 1150 g/mol. The number of hydrogen-bond acceptors (Lipinski definition) is 12. The van der Waals surface area contributed by atoms with E-state index in [-0.39, 0.29) is 35.2 Å². The Morgan fingerprint density at radius 1 is 0.585 bits per heavy atom. The van der Waals surface area contributed by atoms with Crippen LogP contribution in [-0.4, -0.2) is 115 Å². The van der Waals surface area contributed by atoms with Gasteiger partial charge in [-0.25, -0.2) is 35.6 Å². The predicted octanol–water partition coefficient (Wildman–Crippen LogP) is 10.5. The first-order valence-corrected chi connectivity index (χ1v) is 30.4. The average Bonchev–Trinajstić information content (AvgIpc) is 4.45. The van der Waals surface area contributed by atoms with Crippen LogP contribution in [0.25, 0.3) is 66.7 Å². The maximum atomic E-state index is 13.7. The Bertz CT molecular complexity index is 3970. The zero-order valence-corrected chi connectivity index (χ0v) is 47.5. The number of rotatable bonds is 12. The lowest BCUT2D eigenvalue weighted by Crippen LogP contribution is -2.36. The monoisotopic (exact) mass is 1150 g/mol. The van der Waals surface area contributed by atoms with E-state index in [0.29, 0.717) is 68.7 Å². The van der Waals surface area contributed by atoms with Crippen molar-refractivity contribution in [2.45, 2.75) is 37.5 Å². The fourth-order valence-corrected chi connectivity index (χ4v) is 12.2. The highest BCUT2D eigenvalue weighted by molar-refractivity contribution is 7.92. The van der Waals surface area contributed by atoms with Gasteiger partial charge in [0.15, 0.2) is 0 Å². The molecular formula is C60H60F2N10O8S2. The first kappa shape index (κ1) is 55.2. The smallest absolute Gasteiger partial charge is 0.255 e. The van der Waals surface area contributed by atoms with Gasteiger partial charge in [-0.1, -0.05) is 24.3 Å². The lowest BCUT2D eigenvalue weighted by molar-refractivity contribution is 0.0956. The van der Waals surface area contributed by atoms with Crippen LogP contribution in [0.4, 0.5) is 32.1 Å². The molecule has 22 heteroatoms. The molecule has 424 valence electrons. The number of H-pyrrole nitrogens is 2. The van der Waals surface area contributed by atoms with Crippen LogP contribution in [0, 0.1) is 11.6 Å². The SMILES string of the molecule is CNC(=O)c1c(-c2ccc(F)cc2)oc2cc(N(C)S(C)(=O)=O)c(C3CCCN(c4nc5ccccc5[nH]4)C3)cc12.CNC(=O)c1c(-c2ccc(F)cc2)oc2cc(N(C)S(C)(=O)=O)c(C3CCCN(c4nc5ccccc5[nH]4)C3)cc12. The number of hydrogen-bond donors (Lipinski definition) is 4. The van der Waals surface area contributed by atoms with Crippen molar-refractivity contribution in [2.24, 2.45) is 0 Å². The minimum Gasteiger partial charge on any atom is -0.455 e. The van der Waals surface area contributed by atoms with Crippen molar-refractivity contribution in [2.75, 3.05) is 85.3 Å². The zero-order chi connectivity index (χ0) is 57.8. The molecule has 2 aliphatic heterocycles. The third kappa shape index (κ3) is 10.7. The summed E-state index contributed by atoms with van der Waals surface area (Å²) in [4.78, 5) is 47.0. The number of carbonyl (C=O) groups is 2. The minimum absolute atomic E-state index is 0.0535. The topological polar surface area (TPSA) is 223 Å². The molecule has 0 aliphatic carbocycles. The molecule has 4 aromatic heterocycles. The van der Waals surface area contributed by atoms with E-state index < -0.39 is 31.7 Å². The number of amides is 2. The van der Waals surface area contributed by atoms with E-state index in [4.69, 9.17) is 18.8 Å². The Morgan fingerprint density at radius 2 is 0.963 bits per heavy atom. The van der Waals surface area contributed by atoms with Gasteiger partial charge < -0.3 is 39.2 Å². The standard InChI is InChI=1S/2C30H30FN5O4S/c2*1-32-29(37)27-22-15-21(19-7-6-14-36(17-19)30-33-23-8-4-5-9-24(23)34-30)25(35(2)41(3,38)39)16-26(22)40-28(27)18-10-12-20(31)13-11-18/h2*4-5,8-13,15-16,19H,6-7,14,17H2,1-3H3,(H,32,37)(H,33,34).